The monoisotopic (exact) mass is 402 g/mol. The van der Waals surface area contributed by atoms with E-state index < -0.39 is 10.0 Å². The van der Waals surface area contributed by atoms with Gasteiger partial charge in [-0.25, -0.2) is 8.42 Å². The van der Waals surface area contributed by atoms with Gasteiger partial charge in [0.15, 0.2) is 0 Å². The second-order valence-electron chi connectivity index (χ2n) is 6.11. The fourth-order valence-corrected chi connectivity index (χ4v) is 3.78. The number of pyridine rings is 1. The van der Waals surface area contributed by atoms with E-state index in [0.29, 0.717) is 16.5 Å². The molecular formula is C20H19ClN2O3S. The highest BCUT2D eigenvalue weighted by Crippen LogP contribution is 2.29. The predicted octanol–water partition coefficient (Wildman–Crippen LogP) is 4.73. The van der Waals surface area contributed by atoms with Gasteiger partial charge in [0.1, 0.15) is 12.4 Å². The Morgan fingerprint density at radius 1 is 1.04 bits per heavy atom. The number of aryl methyl sites for hydroxylation is 2. The van der Waals surface area contributed by atoms with Crippen molar-refractivity contribution < 1.29 is 13.2 Å². The van der Waals surface area contributed by atoms with E-state index >= 15 is 0 Å². The molecule has 0 aliphatic carbocycles. The molecule has 1 aromatic heterocycles. The van der Waals surface area contributed by atoms with Crippen LogP contribution in [0.2, 0.25) is 5.02 Å². The Morgan fingerprint density at radius 3 is 2.52 bits per heavy atom. The van der Waals surface area contributed by atoms with Crippen molar-refractivity contribution in [2.75, 3.05) is 4.72 Å². The van der Waals surface area contributed by atoms with Gasteiger partial charge in [0.25, 0.3) is 10.0 Å². The minimum atomic E-state index is -3.70. The third-order valence-electron chi connectivity index (χ3n) is 4.07. The lowest BCUT2D eigenvalue weighted by molar-refractivity contribution is 0.301. The van der Waals surface area contributed by atoms with Gasteiger partial charge >= 0.3 is 0 Å². The summed E-state index contributed by atoms with van der Waals surface area (Å²) in [7, 11) is -3.70. The van der Waals surface area contributed by atoms with Crippen molar-refractivity contribution in [3.8, 4) is 5.75 Å². The number of ether oxygens (including phenoxy) is 1. The third kappa shape index (κ3) is 4.78. The zero-order chi connectivity index (χ0) is 19.4. The molecule has 0 radical (unpaired) electrons. The van der Waals surface area contributed by atoms with Gasteiger partial charge in [-0.15, -0.1) is 0 Å². The molecule has 1 heterocycles. The molecule has 0 spiro atoms. The van der Waals surface area contributed by atoms with Crippen LogP contribution in [-0.4, -0.2) is 13.4 Å². The second-order valence-corrected chi connectivity index (χ2v) is 8.20. The SMILES string of the molecule is Cc1ccc(S(=O)(=O)Nc2ccc(OCc3ccccn3)c(Cl)c2)cc1C. The van der Waals surface area contributed by atoms with E-state index in [1.54, 1.807) is 36.5 Å². The summed E-state index contributed by atoms with van der Waals surface area (Å²) in [4.78, 5) is 4.38. The van der Waals surface area contributed by atoms with Crippen molar-refractivity contribution in [3.63, 3.8) is 0 Å². The van der Waals surface area contributed by atoms with Crippen molar-refractivity contribution in [3.05, 3.63) is 82.6 Å². The topological polar surface area (TPSA) is 68.3 Å². The molecule has 3 rings (SSSR count). The van der Waals surface area contributed by atoms with Crippen LogP contribution in [-0.2, 0) is 16.6 Å². The van der Waals surface area contributed by atoms with Gasteiger partial charge in [-0.2, -0.15) is 0 Å². The van der Waals surface area contributed by atoms with Crippen LogP contribution >= 0.6 is 11.6 Å². The number of rotatable bonds is 6. The molecule has 0 aliphatic heterocycles. The number of aromatic nitrogens is 1. The van der Waals surface area contributed by atoms with Crippen molar-refractivity contribution in [1.82, 2.24) is 4.98 Å². The third-order valence-corrected chi connectivity index (χ3v) is 5.75. The Labute approximate surface area is 164 Å². The van der Waals surface area contributed by atoms with Crippen LogP contribution in [0.4, 0.5) is 5.69 Å². The van der Waals surface area contributed by atoms with Crippen LogP contribution < -0.4 is 9.46 Å². The normalized spacial score (nSPS) is 11.2. The minimum absolute atomic E-state index is 0.206. The van der Waals surface area contributed by atoms with E-state index in [0.717, 1.165) is 16.8 Å². The molecule has 0 bridgehead atoms. The molecular weight excluding hydrogens is 384 g/mol. The molecule has 1 N–H and O–H groups in total. The maximum Gasteiger partial charge on any atom is 0.261 e. The zero-order valence-electron chi connectivity index (χ0n) is 14.9. The van der Waals surface area contributed by atoms with Crippen molar-refractivity contribution in [2.45, 2.75) is 25.3 Å². The Kier molecular flexibility index (Phi) is 5.68. The van der Waals surface area contributed by atoms with Crippen LogP contribution in [0.25, 0.3) is 0 Å². The number of hydrogen-bond donors (Lipinski definition) is 1. The smallest absolute Gasteiger partial charge is 0.261 e. The molecule has 0 saturated heterocycles. The summed E-state index contributed by atoms with van der Waals surface area (Å²) in [6, 6.07) is 15.3. The molecule has 0 amide bonds. The summed E-state index contributed by atoms with van der Waals surface area (Å²) in [5.41, 5.74) is 3.08. The summed E-state index contributed by atoms with van der Waals surface area (Å²) in [5.74, 6) is 0.455. The number of hydrogen-bond acceptors (Lipinski definition) is 4. The summed E-state index contributed by atoms with van der Waals surface area (Å²) in [6.45, 7) is 4.08. The van der Waals surface area contributed by atoms with Crippen molar-refractivity contribution in [2.24, 2.45) is 0 Å². The lowest BCUT2D eigenvalue weighted by Gasteiger charge is -2.12. The predicted molar refractivity (Wildman–Crippen MR) is 107 cm³/mol. The first-order chi connectivity index (χ1) is 12.8. The van der Waals surface area contributed by atoms with Crippen LogP contribution in [0.1, 0.15) is 16.8 Å². The molecule has 140 valence electrons. The lowest BCUT2D eigenvalue weighted by atomic mass is 10.1. The van der Waals surface area contributed by atoms with Gasteiger partial charge in [-0.3, -0.25) is 9.71 Å². The molecule has 2 aromatic carbocycles. The molecule has 0 saturated carbocycles. The number of nitrogens with zero attached hydrogens (tertiary/aromatic N) is 1. The Balaban J connectivity index is 1.74. The highest BCUT2D eigenvalue weighted by atomic mass is 35.5. The van der Waals surface area contributed by atoms with Gasteiger partial charge in [0, 0.05) is 6.20 Å². The van der Waals surface area contributed by atoms with Crippen LogP contribution in [0.5, 0.6) is 5.75 Å². The Bertz CT molecular complexity index is 1050. The molecule has 5 nitrogen and oxygen atoms in total. The summed E-state index contributed by atoms with van der Waals surface area (Å²) in [6.07, 6.45) is 1.69. The number of sulfonamides is 1. The summed E-state index contributed by atoms with van der Waals surface area (Å²) >= 11 is 6.24. The molecule has 27 heavy (non-hydrogen) atoms. The first-order valence-corrected chi connectivity index (χ1v) is 10.1. The molecule has 0 atom stereocenters. The second kappa shape index (κ2) is 7.98. The minimum Gasteiger partial charge on any atom is -0.486 e. The average molecular weight is 403 g/mol. The average Bonchev–Trinajstić information content (AvgIpc) is 2.64. The highest BCUT2D eigenvalue weighted by Gasteiger charge is 2.16. The maximum absolute atomic E-state index is 12.6. The number of benzene rings is 2. The number of nitrogens with one attached hydrogen (secondary N) is 1. The molecule has 7 heteroatoms. The van der Waals surface area contributed by atoms with Crippen LogP contribution in [0, 0.1) is 13.8 Å². The molecule has 0 aliphatic rings. The van der Waals surface area contributed by atoms with Gasteiger partial charge in [0.05, 0.1) is 21.3 Å². The van der Waals surface area contributed by atoms with E-state index in [1.807, 2.05) is 32.0 Å². The quantitative estimate of drug-likeness (QED) is 0.647. The standard InChI is InChI=1S/C20H19ClN2O3S/c1-14-6-8-18(11-15(14)2)27(24,25)23-16-7-9-20(19(21)12-16)26-13-17-5-3-4-10-22-17/h3-12,23H,13H2,1-2H3. The largest absolute Gasteiger partial charge is 0.486 e. The van der Waals surface area contributed by atoms with E-state index in [9.17, 15) is 8.42 Å². The van der Waals surface area contributed by atoms with Crippen LogP contribution in [0.15, 0.2) is 65.7 Å². The fraction of sp³-hybridized carbons (Fsp3) is 0.150. The van der Waals surface area contributed by atoms with E-state index in [-0.39, 0.29) is 11.5 Å². The van der Waals surface area contributed by atoms with Gasteiger partial charge in [-0.1, -0.05) is 23.7 Å². The fourth-order valence-electron chi connectivity index (χ4n) is 2.41. The molecule has 3 aromatic rings. The first kappa shape index (κ1) is 19.2. The van der Waals surface area contributed by atoms with Crippen molar-refractivity contribution >= 4 is 27.3 Å². The van der Waals surface area contributed by atoms with E-state index in [4.69, 9.17) is 16.3 Å². The highest BCUT2D eigenvalue weighted by molar-refractivity contribution is 7.92. The van der Waals surface area contributed by atoms with Gasteiger partial charge in [-0.05, 0) is 67.4 Å². The van der Waals surface area contributed by atoms with Crippen LogP contribution in [0.3, 0.4) is 0 Å². The van der Waals surface area contributed by atoms with E-state index in [2.05, 4.69) is 9.71 Å². The molecule has 0 fully saturated rings. The zero-order valence-corrected chi connectivity index (χ0v) is 16.5. The molecule has 0 unspecified atom stereocenters. The number of anilines is 1. The van der Waals surface area contributed by atoms with E-state index in [1.165, 1.54) is 6.07 Å². The van der Waals surface area contributed by atoms with Crippen molar-refractivity contribution in [1.29, 1.82) is 0 Å². The maximum atomic E-state index is 12.6. The Morgan fingerprint density at radius 2 is 1.85 bits per heavy atom. The van der Waals surface area contributed by atoms with Gasteiger partial charge < -0.3 is 4.74 Å². The number of halogens is 1. The summed E-state index contributed by atoms with van der Waals surface area (Å²) < 4.78 is 33.3. The summed E-state index contributed by atoms with van der Waals surface area (Å²) in [5, 5.41) is 0.311. The van der Waals surface area contributed by atoms with Gasteiger partial charge in [0.2, 0.25) is 0 Å². The Hall–Kier alpha value is -2.57. The first-order valence-electron chi connectivity index (χ1n) is 8.27. The lowest BCUT2D eigenvalue weighted by Crippen LogP contribution is -2.13.